The Balaban J connectivity index is 1.96. The van der Waals surface area contributed by atoms with Crippen LogP contribution < -0.4 is 5.32 Å². The summed E-state index contributed by atoms with van der Waals surface area (Å²) in [7, 11) is 0. The minimum absolute atomic E-state index is 0.183. The highest BCUT2D eigenvalue weighted by atomic mass is 32.1. The highest BCUT2D eigenvalue weighted by molar-refractivity contribution is 7.09. The second kappa shape index (κ2) is 3.82. The summed E-state index contributed by atoms with van der Waals surface area (Å²) in [5, 5.41) is 13.4. The van der Waals surface area contributed by atoms with E-state index >= 15 is 0 Å². The van der Waals surface area contributed by atoms with Gasteiger partial charge in [0.25, 0.3) is 0 Å². The molecule has 0 saturated heterocycles. The third kappa shape index (κ3) is 1.88. The third-order valence-electron chi connectivity index (χ3n) is 2.50. The fraction of sp³-hybridized carbons (Fsp3) is 0.778. The molecule has 0 bridgehead atoms. The lowest BCUT2D eigenvalue weighted by Crippen LogP contribution is -2.42. The number of anilines is 1. The van der Waals surface area contributed by atoms with Gasteiger partial charge in [-0.25, -0.2) is 4.98 Å². The molecule has 14 heavy (non-hydrogen) atoms. The molecule has 0 radical (unpaired) electrons. The molecule has 2 atom stereocenters. The standard InChI is InChI=1S/C9H15N3OS/c1-5(2)8-11-9(14-12-8)10-6-3-4-7(6)13/h5-7,13H,3-4H2,1-2H3,(H,10,11,12)/t6-,7-/m1/s1. The van der Waals surface area contributed by atoms with Crippen LogP contribution in [0.5, 0.6) is 0 Å². The Labute approximate surface area is 87.5 Å². The predicted molar refractivity (Wildman–Crippen MR) is 56.6 cm³/mol. The van der Waals surface area contributed by atoms with Gasteiger partial charge in [0.1, 0.15) is 5.82 Å². The molecule has 4 nitrogen and oxygen atoms in total. The number of rotatable bonds is 3. The van der Waals surface area contributed by atoms with Crippen LogP contribution in [-0.4, -0.2) is 26.6 Å². The molecule has 1 aromatic rings. The highest BCUT2D eigenvalue weighted by Crippen LogP contribution is 2.25. The van der Waals surface area contributed by atoms with E-state index in [2.05, 4.69) is 28.5 Å². The van der Waals surface area contributed by atoms with Gasteiger partial charge < -0.3 is 10.4 Å². The summed E-state index contributed by atoms with van der Waals surface area (Å²) in [6, 6.07) is 0.183. The Hall–Kier alpha value is -0.680. The van der Waals surface area contributed by atoms with Crippen molar-refractivity contribution in [2.45, 2.75) is 44.8 Å². The Morgan fingerprint density at radius 1 is 1.50 bits per heavy atom. The van der Waals surface area contributed by atoms with E-state index in [-0.39, 0.29) is 12.1 Å². The fourth-order valence-electron chi connectivity index (χ4n) is 1.34. The van der Waals surface area contributed by atoms with Crippen LogP contribution in [-0.2, 0) is 0 Å². The summed E-state index contributed by atoms with van der Waals surface area (Å²) in [4.78, 5) is 4.35. The first-order chi connectivity index (χ1) is 6.66. The summed E-state index contributed by atoms with van der Waals surface area (Å²) in [5.41, 5.74) is 0. The van der Waals surface area contributed by atoms with Crippen molar-refractivity contribution in [1.29, 1.82) is 0 Å². The van der Waals surface area contributed by atoms with Crippen LogP contribution in [0.1, 0.15) is 38.4 Å². The molecule has 1 fully saturated rings. The van der Waals surface area contributed by atoms with Crippen LogP contribution in [0.25, 0.3) is 0 Å². The van der Waals surface area contributed by atoms with E-state index in [9.17, 15) is 5.11 Å². The Bertz CT molecular complexity index is 313. The van der Waals surface area contributed by atoms with E-state index < -0.39 is 0 Å². The number of aliphatic hydroxyl groups is 1. The number of nitrogens with zero attached hydrogens (tertiary/aromatic N) is 2. The summed E-state index contributed by atoms with van der Waals surface area (Å²) >= 11 is 1.37. The van der Waals surface area contributed by atoms with Crippen molar-refractivity contribution in [3.63, 3.8) is 0 Å². The molecule has 0 unspecified atom stereocenters. The van der Waals surface area contributed by atoms with E-state index in [0.717, 1.165) is 23.8 Å². The van der Waals surface area contributed by atoms with E-state index in [1.165, 1.54) is 11.5 Å². The molecule has 5 heteroatoms. The summed E-state index contributed by atoms with van der Waals surface area (Å²) < 4.78 is 4.24. The largest absolute Gasteiger partial charge is 0.391 e. The van der Waals surface area contributed by atoms with Gasteiger partial charge in [0.2, 0.25) is 5.13 Å². The van der Waals surface area contributed by atoms with Crippen LogP contribution in [0.3, 0.4) is 0 Å². The van der Waals surface area contributed by atoms with E-state index in [0.29, 0.717) is 5.92 Å². The second-order valence-corrected chi connectivity index (χ2v) is 4.76. The van der Waals surface area contributed by atoms with Gasteiger partial charge in [-0.15, -0.1) is 0 Å². The Kier molecular flexibility index (Phi) is 2.69. The summed E-state index contributed by atoms with van der Waals surface area (Å²) in [5.74, 6) is 1.25. The summed E-state index contributed by atoms with van der Waals surface area (Å²) in [6.45, 7) is 4.15. The van der Waals surface area contributed by atoms with Crippen molar-refractivity contribution >= 4 is 16.7 Å². The summed E-state index contributed by atoms with van der Waals surface area (Å²) in [6.07, 6.45) is 1.71. The zero-order valence-electron chi connectivity index (χ0n) is 8.40. The quantitative estimate of drug-likeness (QED) is 0.800. The van der Waals surface area contributed by atoms with E-state index in [1.807, 2.05) is 0 Å². The Morgan fingerprint density at radius 2 is 2.29 bits per heavy atom. The predicted octanol–water partition coefficient (Wildman–Crippen LogP) is 1.60. The minimum atomic E-state index is -0.207. The molecule has 0 aliphatic heterocycles. The van der Waals surface area contributed by atoms with Crippen molar-refractivity contribution < 1.29 is 5.11 Å². The molecule has 1 saturated carbocycles. The van der Waals surface area contributed by atoms with Crippen molar-refractivity contribution in [2.75, 3.05) is 5.32 Å². The molecule has 1 aliphatic carbocycles. The molecule has 0 amide bonds. The van der Waals surface area contributed by atoms with E-state index in [4.69, 9.17) is 0 Å². The molecule has 1 heterocycles. The molecule has 1 aromatic heterocycles. The molecular formula is C9H15N3OS. The topological polar surface area (TPSA) is 58.0 Å². The monoisotopic (exact) mass is 213 g/mol. The maximum Gasteiger partial charge on any atom is 0.202 e. The highest BCUT2D eigenvalue weighted by Gasteiger charge is 2.29. The van der Waals surface area contributed by atoms with Crippen LogP contribution >= 0.6 is 11.5 Å². The second-order valence-electron chi connectivity index (χ2n) is 4.01. The van der Waals surface area contributed by atoms with Crippen molar-refractivity contribution in [2.24, 2.45) is 0 Å². The molecule has 0 aromatic carbocycles. The first-order valence-corrected chi connectivity index (χ1v) is 5.72. The normalized spacial score (nSPS) is 26.3. The molecule has 1 aliphatic rings. The molecule has 2 N–H and O–H groups in total. The van der Waals surface area contributed by atoms with Crippen molar-refractivity contribution in [1.82, 2.24) is 9.36 Å². The molecule has 0 spiro atoms. The maximum absolute atomic E-state index is 9.38. The smallest absolute Gasteiger partial charge is 0.202 e. The van der Waals surface area contributed by atoms with Gasteiger partial charge in [-0.3, -0.25) is 0 Å². The zero-order chi connectivity index (χ0) is 10.1. The van der Waals surface area contributed by atoms with Gasteiger partial charge in [0.15, 0.2) is 0 Å². The lowest BCUT2D eigenvalue weighted by Gasteiger charge is -2.32. The van der Waals surface area contributed by atoms with Gasteiger partial charge in [-0.2, -0.15) is 4.37 Å². The van der Waals surface area contributed by atoms with Gasteiger partial charge in [-0.05, 0) is 12.8 Å². The third-order valence-corrected chi connectivity index (χ3v) is 3.17. The van der Waals surface area contributed by atoms with Gasteiger partial charge >= 0.3 is 0 Å². The van der Waals surface area contributed by atoms with Crippen molar-refractivity contribution in [3.05, 3.63) is 5.82 Å². The zero-order valence-corrected chi connectivity index (χ0v) is 9.21. The molecule has 2 rings (SSSR count). The van der Waals surface area contributed by atoms with Crippen LogP contribution in [0.4, 0.5) is 5.13 Å². The number of nitrogens with one attached hydrogen (secondary N) is 1. The van der Waals surface area contributed by atoms with Gasteiger partial charge in [0, 0.05) is 17.5 Å². The van der Waals surface area contributed by atoms with Crippen LogP contribution in [0.2, 0.25) is 0 Å². The number of aromatic nitrogens is 2. The fourth-order valence-corrected chi connectivity index (χ4v) is 2.11. The molecular weight excluding hydrogens is 198 g/mol. The number of aliphatic hydroxyl groups excluding tert-OH is 1. The minimum Gasteiger partial charge on any atom is -0.391 e. The first kappa shape index (κ1) is 9.86. The first-order valence-electron chi connectivity index (χ1n) is 4.95. The average molecular weight is 213 g/mol. The lowest BCUT2D eigenvalue weighted by atomic mass is 9.89. The maximum atomic E-state index is 9.38. The SMILES string of the molecule is CC(C)c1nsc(N[C@@H]2CC[C@H]2O)n1. The van der Waals surface area contributed by atoms with Crippen molar-refractivity contribution in [3.8, 4) is 0 Å². The number of hydrogen-bond donors (Lipinski definition) is 2. The van der Waals surface area contributed by atoms with Gasteiger partial charge in [-0.1, -0.05) is 13.8 Å². The van der Waals surface area contributed by atoms with Crippen LogP contribution in [0, 0.1) is 0 Å². The van der Waals surface area contributed by atoms with Gasteiger partial charge in [0.05, 0.1) is 12.1 Å². The molecule has 78 valence electrons. The lowest BCUT2D eigenvalue weighted by molar-refractivity contribution is 0.0786. The Morgan fingerprint density at radius 3 is 2.71 bits per heavy atom. The average Bonchev–Trinajstić information content (AvgIpc) is 2.60. The van der Waals surface area contributed by atoms with E-state index in [1.54, 1.807) is 0 Å². The van der Waals surface area contributed by atoms with Crippen LogP contribution in [0.15, 0.2) is 0 Å². The number of hydrogen-bond acceptors (Lipinski definition) is 5.